The van der Waals surface area contributed by atoms with Crippen molar-refractivity contribution >= 4 is 11.6 Å². The van der Waals surface area contributed by atoms with E-state index in [0.717, 1.165) is 11.1 Å². The van der Waals surface area contributed by atoms with Crippen molar-refractivity contribution in [2.24, 2.45) is 0 Å². The number of carbonyl (C=O) groups excluding carboxylic acids is 1. The fourth-order valence-corrected chi connectivity index (χ4v) is 3.27. The largest absolute Gasteiger partial charge is 0.496 e. The number of nitrogens with zero attached hydrogens (tertiary/aromatic N) is 1. The first kappa shape index (κ1) is 17.1. The number of amides is 1. The van der Waals surface area contributed by atoms with Crippen molar-refractivity contribution in [1.29, 1.82) is 0 Å². The molecule has 1 amide bonds. The average molecular weight is 342 g/mol. The van der Waals surface area contributed by atoms with Crippen LogP contribution >= 0.6 is 0 Å². The minimum Gasteiger partial charge on any atom is -0.496 e. The summed E-state index contributed by atoms with van der Waals surface area (Å²) < 4.78 is 10.8. The SMILES string of the molecule is COc1ccc(OC)c2c1CN(C(=O)c1cc(N)ccc1C)CC2O. The third-order valence-corrected chi connectivity index (χ3v) is 4.57. The summed E-state index contributed by atoms with van der Waals surface area (Å²) in [5, 5.41) is 10.6. The minimum atomic E-state index is -0.848. The first-order chi connectivity index (χ1) is 12.0. The monoisotopic (exact) mass is 342 g/mol. The Morgan fingerprint density at radius 2 is 1.88 bits per heavy atom. The standard InChI is InChI=1S/C19H22N2O4/c1-11-4-5-12(20)8-13(11)19(23)21-9-14-16(24-2)6-7-17(25-3)18(14)15(22)10-21/h4-8,15,22H,9-10,20H2,1-3H3. The highest BCUT2D eigenvalue weighted by atomic mass is 16.5. The van der Waals surface area contributed by atoms with Crippen LogP contribution < -0.4 is 15.2 Å². The summed E-state index contributed by atoms with van der Waals surface area (Å²) in [5.74, 6) is 1.05. The number of benzene rings is 2. The molecule has 0 aliphatic carbocycles. The summed E-state index contributed by atoms with van der Waals surface area (Å²) in [6.07, 6.45) is -0.848. The number of nitrogens with two attached hydrogens (primary N) is 1. The fourth-order valence-electron chi connectivity index (χ4n) is 3.27. The van der Waals surface area contributed by atoms with Gasteiger partial charge in [0.25, 0.3) is 5.91 Å². The van der Waals surface area contributed by atoms with Crippen LogP contribution in [-0.2, 0) is 6.54 Å². The van der Waals surface area contributed by atoms with Gasteiger partial charge < -0.3 is 25.2 Å². The van der Waals surface area contributed by atoms with E-state index in [2.05, 4.69) is 0 Å². The lowest BCUT2D eigenvalue weighted by molar-refractivity contribution is 0.0538. The molecule has 1 aliphatic heterocycles. The van der Waals surface area contributed by atoms with E-state index >= 15 is 0 Å². The first-order valence-corrected chi connectivity index (χ1v) is 8.03. The molecule has 0 bridgehead atoms. The Kier molecular flexibility index (Phi) is 4.55. The van der Waals surface area contributed by atoms with E-state index in [9.17, 15) is 9.90 Å². The zero-order valence-electron chi connectivity index (χ0n) is 14.6. The maximum absolute atomic E-state index is 13.0. The Labute approximate surface area is 146 Å². The van der Waals surface area contributed by atoms with Gasteiger partial charge in [-0.25, -0.2) is 0 Å². The normalized spacial score (nSPS) is 16.3. The van der Waals surface area contributed by atoms with Gasteiger partial charge in [0, 0.05) is 22.4 Å². The zero-order chi connectivity index (χ0) is 18.1. The molecule has 1 atom stereocenters. The molecule has 1 heterocycles. The van der Waals surface area contributed by atoms with E-state index in [-0.39, 0.29) is 12.5 Å². The van der Waals surface area contributed by atoms with Crippen LogP contribution in [0.4, 0.5) is 5.69 Å². The van der Waals surface area contributed by atoms with Gasteiger partial charge in [0.1, 0.15) is 17.6 Å². The van der Waals surface area contributed by atoms with E-state index in [0.29, 0.717) is 34.9 Å². The van der Waals surface area contributed by atoms with Crippen molar-refractivity contribution in [2.45, 2.75) is 19.6 Å². The summed E-state index contributed by atoms with van der Waals surface area (Å²) in [6.45, 7) is 2.38. The molecule has 2 aromatic carbocycles. The Morgan fingerprint density at radius 1 is 1.20 bits per heavy atom. The quantitative estimate of drug-likeness (QED) is 0.836. The van der Waals surface area contributed by atoms with Crippen LogP contribution in [0.3, 0.4) is 0 Å². The van der Waals surface area contributed by atoms with Crippen LogP contribution in [0, 0.1) is 6.92 Å². The second-order valence-electron chi connectivity index (χ2n) is 6.14. The van der Waals surface area contributed by atoms with Gasteiger partial charge in [-0.2, -0.15) is 0 Å². The minimum absolute atomic E-state index is 0.167. The van der Waals surface area contributed by atoms with Crippen molar-refractivity contribution in [1.82, 2.24) is 4.90 Å². The lowest BCUT2D eigenvalue weighted by Crippen LogP contribution is -2.39. The molecule has 1 aliphatic rings. The molecule has 0 saturated heterocycles. The zero-order valence-corrected chi connectivity index (χ0v) is 14.6. The van der Waals surface area contributed by atoms with Crippen molar-refractivity contribution in [3.63, 3.8) is 0 Å². The number of hydrogen-bond donors (Lipinski definition) is 2. The molecule has 0 saturated carbocycles. The predicted octanol–water partition coefficient (Wildman–Crippen LogP) is 2.28. The molecule has 6 heteroatoms. The van der Waals surface area contributed by atoms with E-state index in [1.165, 1.54) is 0 Å². The maximum Gasteiger partial charge on any atom is 0.254 e. The van der Waals surface area contributed by atoms with E-state index in [1.807, 2.05) is 13.0 Å². The van der Waals surface area contributed by atoms with Crippen LogP contribution in [0.1, 0.15) is 33.2 Å². The van der Waals surface area contributed by atoms with E-state index in [4.69, 9.17) is 15.2 Å². The van der Waals surface area contributed by atoms with Gasteiger partial charge in [0.15, 0.2) is 0 Å². The molecule has 0 spiro atoms. The predicted molar refractivity (Wildman–Crippen MR) is 94.8 cm³/mol. The topological polar surface area (TPSA) is 85.0 Å². The molecule has 3 N–H and O–H groups in total. The number of aliphatic hydroxyl groups is 1. The number of aliphatic hydroxyl groups excluding tert-OH is 1. The summed E-state index contributed by atoms with van der Waals surface area (Å²) >= 11 is 0. The van der Waals surface area contributed by atoms with Gasteiger partial charge in [-0.1, -0.05) is 6.07 Å². The third-order valence-electron chi connectivity index (χ3n) is 4.57. The second-order valence-corrected chi connectivity index (χ2v) is 6.14. The highest BCUT2D eigenvalue weighted by Gasteiger charge is 2.32. The lowest BCUT2D eigenvalue weighted by Gasteiger charge is -2.34. The number of ether oxygens (including phenoxy) is 2. The van der Waals surface area contributed by atoms with E-state index < -0.39 is 6.10 Å². The van der Waals surface area contributed by atoms with Crippen LogP contribution in [0.25, 0.3) is 0 Å². The first-order valence-electron chi connectivity index (χ1n) is 8.03. The van der Waals surface area contributed by atoms with Crippen molar-refractivity contribution in [3.8, 4) is 11.5 Å². The molecule has 0 fully saturated rings. The molecule has 2 aromatic rings. The molecule has 0 aromatic heterocycles. The summed E-state index contributed by atoms with van der Waals surface area (Å²) in [7, 11) is 3.12. The summed E-state index contributed by atoms with van der Waals surface area (Å²) in [4.78, 5) is 14.6. The number of nitrogen functional groups attached to an aromatic ring is 1. The average Bonchev–Trinajstić information content (AvgIpc) is 2.62. The number of fused-ring (bicyclic) bond motifs is 1. The highest BCUT2D eigenvalue weighted by Crippen LogP contribution is 2.39. The second kappa shape index (κ2) is 6.64. The number of methoxy groups -OCH3 is 2. The van der Waals surface area contributed by atoms with Gasteiger partial charge >= 0.3 is 0 Å². The van der Waals surface area contributed by atoms with Gasteiger partial charge in [-0.3, -0.25) is 4.79 Å². The molecule has 1 unspecified atom stereocenters. The molecule has 6 nitrogen and oxygen atoms in total. The molecular weight excluding hydrogens is 320 g/mol. The number of β-amino-alcohol motifs (C(OH)–C–C–N with tert-alkyl or cyclic N) is 1. The summed E-state index contributed by atoms with van der Waals surface area (Å²) in [6, 6.07) is 8.80. The van der Waals surface area contributed by atoms with Gasteiger partial charge in [0.05, 0.1) is 27.3 Å². The van der Waals surface area contributed by atoms with Crippen molar-refractivity contribution < 1.29 is 19.4 Å². The molecular formula is C19H22N2O4. The van der Waals surface area contributed by atoms with Crippen molar-refractivity contribution in [2.75, 3.05) is 26.5 Å². The van der Waals surface area contributed by atoms with Crippen LogP contribution in [0.15, 0.2) is 30.3 Å². The van der Waals surface area contributed by atoms with E-state index in [1.54, 1.807) is 43.4 Å². The molecule has 0 radical (unpaired) electrons. The Bertz CT molecular complexity index is 819. The lowest BCUT2D eigenvalue weighted by atomic mass is 9.94. The third kappa shape index (κ3) is 3.00. The molecule has 3 rings (SSSR count). The van der Waals surface area contributed by atoms with Crippen LogP contribution in [0.2, 0.25) is 0 Å². The smallest absolute Gasteiger partial charge is 0.254 e. The fraction of sp³-hybridized carbons (Fsp3) is 0.316. The van der Waals surface area contributed by atoms with Crippen LogP contribution in [-0.4, -0.2) is 36.7 Å². The molecule has 132 valence electrons. The maximum atomic E-state index is 13.0. The van der Waals surface area contributed by atoms with Crippen LogP contribution in [0.5, 0.6) is 11.5 Å². The Balaban J connectivity index is 2.01. The number of rotatable bonds is 3. The number of anilines is 1. The number of carbonyl (C=O) groups is 1. The van der Waals surface area contributed by atoms with Gasteiger partial charge in [0.2, 0.25) is 0 Å². The Hall–Kier alpha value is -2.73. The van der Waals surface area contributed by atoms with Crippen molar-refractivity contribution in [3.05, 3.63) is 52.6 Å². The highest BCUT2D eigenvalue weighted by molar-refractivity contribution is 5.96. The van der Waals surface area contributed by atoms with Gasteiger partial charge in [-0.05, 0) is 36.8 Å². The Morgan fingerprint density at radius 3 is 2.56 bits per heavy atom. The summed E-state index contributed by atoms with van der Waals surface area (Å²) in [5.41, 5.74) is 9.18. The number of hydrogen-bond acceptors (Lipinski definition) is 5. The molecule has 25 heavy (non-hydrogen) atoms. The van der Waals surface area contributed by atoms with Gasteiger partial charge in [-0.15, -0.1) is 0 Å². The number of aryl methyl sites for hydroxylation is 1.